The van der Waals surface area contributed by atoms with Crippen molar-refractivity contribution in [2.75, 3.05) is 0 Å². The molecule has 0 radical (unpaired) electrons. The van der Waals surface area contributed by atoms with Gasteiger partial charge in [-0.25, -0.2) is 0 Å². The number of rotatable bonds is 4. The summed E-state index contributed by atoms with van der Waals surface area (Å²) >= 11 is 0. The second-order valence-electron chi connectivity index (χ2n) is 5.53. The number of nitrogens with zero attached hydrogens (tertiary/aromatic N) is 1. The molecule has 8 heteroatoms. The highest BCUT2D eigenvalue weighted by Crippen LogP contribution is 2.36. The van der Waals surface area contributed by atoms with Crippen molar-refractivity contribution in [3.05, 3.63) is 24.0 Å². The minimum absolute atomic E-state index is 0.274. The molecule has 1 aliphatic rings. The van der Waals surface area contributed by atoms with Gasteiger partial charge in [-0.2, -0.15) is 21.6 Å². The summed E-state index contributed by atoms with van der Waals surface area (Å²) in [4.78, 5) is 4.06. The lowest BCUT2D eigenvalue weighted by Crippen LogP contribution is -2.28. The lowest BCUT2D eigenvalue weighted by atomic mass is 9.79. The molecule has 1 aromatic rings. The summed E-state index contributed by atoms with van der Waals surface area (Å²) in [6.45, 7) is 2.16. The van der Waals surface area contributed by atoms with Gasteiger partial charge in [-0.1, -0.05) is 13.3 Å². The molecule has 0 saturated heterocycles. The number of pyridine rings is 1. The predicted molar refractivity (Wildman–Crippen MR) is 74.8 cm³/mol. The molecule has 1 fully saturated rings. The van der Waals surface area contributed by atoms with Gasteiger partial charge in [0.1, 0.15) is 0 Å². The second kappa shape index (κ2) is 6.44. The predicted octanol–water partition coefficient (Wildman–Crippen LogP) is 3.99. The minimum Gasteiger partial charge on any atom is -0.374 e. The minimum atomic E-state index is -5.64. The van der Waals surface area contributed by atoms with Crippen LogP contribution in [0.15, 0.2) is 18.3 Å². The smallest absolute Gasteiger partial charge is 0.374 e. The highest BCUT2D eigenvalue weighted by Gasteiger charge is 2.48. The van der Waals surface area contributed by atoms with Crippen molar-refractivity contribution in [2.45, 2.75) is 50.5 Å². The molecule has 22 heavy (non-hydrogen) atoms. The largest absolute Gasteiger partial charge is 0.534 e. The zero-order chi connectivity index (χ0) is 16.4. The Morgan fingerprint density at radius 1 is 1.23 bits per heavy atom. The first-order valence-corrected chi connectivity index (χ1v) is 8.60. The third kappa shape index (κ3) is 3.91. The summed E-state index contributed by atoms with van der Waals surface area (Å²) in [6, 6.07) is 2.76. The van der Waals surface area contributed by atoms with Crippen molar-refractivity contribution in [1.82, 2.24) is 4.98 Å². The van der Waals surface area contributed by atoms with Crippen LogP contribution in [0.3, 0.4) is 0 Å². The van der Waals surface area contributed by atoms with E-state index in [1.165, 1.54) is 12.1 Å². The van der Waals surface area contributed by atoms with E-state index in [4.69, 9.17) is 0 Å². The second-order valence-corrected chi connectivity index (χ2v) is 7.07. The molecule has 0 atom stereocenters. The molecule has 1 aliphatic carbocycles. The lowest BCUT2D eigenvalue weighted by Gasteiger charge is -2.27. The van der Waals surface area contributed by atoms with Crippen LogP contribution >= 0.6 is 0 Å². The standard InChI is InChI=1S/C14H18F3NO3S/c1-2-10-3-5-11(6-4-10)13-8-7-12(9-18-13)21-22(19,20)14(15,16)17/h7-11H,2-6H2,1H3. The summed E-state index contributed by atoms with van der Waals surface area (Å²) in [6.07, 6.45) is 6.40. The van der Waals surface area contributed by atoms with Gasteiger partial charge >= 0.3 is 15.6 Å². The molecule has 0 unspecified atom stereocenters. The monoisotopic (exact) mass is 337 g/mol. The molecule has 0 N–H and O–H groups in total. The number of hydrogen-bond donors (Lipinski definition) is 0. The van der Waals surface area contributed by atoms with Gasteiger partial charge in [-0.05, 0) is 43.7 Å². The molecular formula is C14H18F3NO3S. The Morgan fingerprint density at radius 2 is 1.86 bits per heavy atom. The van der Waals surface area contributed by atoms with Crippen LogP contribution in [0.25, 0.3) is 0 Å². The van der Waals surface area contributed by atoms with Crippen LogP contribution in [0, 0.1) is 5.92 Å². The summed E-state index contributed by atoms with van der Waals surface area (Å²) in [5.41, 5.74) is -4.67. The number of alkyl halides is 3. The normalized spacial score (nSPS) is 23.3. The zero-order valence-electron chi connectivity index (χ0n) is 12.1. The zero-order valence-corrected chi connectivity index (χ0v) is 13.0. The van der Waals surface area contributed by atoms with E-state index in [2.05, 4.69) is 16.1 Å². The molecule has 1 heterocycles. The fourth-order valence-electron chi connectivity index (χ4n) is 2.72. The van der Waals surface area contributed by atoms with Gasteiger partial charge in [0.15, 0.2) is 5.75 Å². The average molecular weight is 337 g/mol. The van der Waals surface area contributed by atoms with E-state index in [1.807, 2.05) is 0 Å². The van der Waals surface area contributed by atoms with E-state index in [0.717, 1.165) is 49.9 Å². The van der Waals surface area contributed by atoms with Crippen LogP contribution in [0.1, 0.15) is 50.6 Å². The molecule has 1 aromatic heterocycles. The van der Waals surface area contributed by atoms with Gasteiger partial charge < -0.3 is 4.18 Å². The summed E-state index contributed by atoms with van der Waals surface area (Å²) < 4.78 is 62.5. The van der Waals surface area contributed by atoms with Crippen LogP contribution in [0.4, 0.5) is 13.2 Å². The maximum absolute atomic E-state index is 12.2. The fraction of sp³-hybridized carbons (Fsp3) is 0.643. The van der Waals surface area contributed by atoms with E-state index < -0.39 is 21.4 Å². The SMILES string of the molecule is CCC1CCC(c2ccc(OS(=O)(=O)C(F)(F)F)cn2)CC1. The molecule has 124 valence electrons. The number of hydrogen-bond acceptors (Lipinski definition) is 4. The van der Waals surface area contributed by atoms with E-state index in [0.29, 0.717) is 0 Å². The van der Waals surface area contributed by atoms with E-state index >= 15 is 0 Å². The van der Waals surface area contributed by atoms with Crippen LogP contribution < -0.4 is 4.18 Å². The molecule has 0 aliphatic heterocycles. The van der Waals surface area contributed by atoms with E-state index in [9.17, 15) is 21.6 Å². The molecule has 0 amide bonds. The van der Waals surface area contributed by atoms with Gasteiger partial charge in [0.05, 0.1) is 6.20 Å². The average Bonchev–Trinajstić information content (AvgIpc) is 2.47. The molecule has 1 saturated carbocycles. The first kappa shape index (κ1) is 17.1. The van der Waals surface area contributed by atoms with Crippen LogP contribution in [-0.2, 0) is 10.1 Å². The molecule has 0 aromatic carbocycles. The molecule has 2 rings (SSSR count). The maximum Gasteiger partial charge on any atom is 0.534 e. The van der Waals surface area contributed by atoms with Crippen molar-refractivity contribution in [1.29, 1.82) is 0 Å². The van der Waals surface area contributed by atoms with Crippen molar-refractivity contribution in [2.24, 2.45) is 5.92 Å². The Morgan fingerprint density at radius 3 is 2.32 bits per heavy atom. The Balaban J connectivity index is 2.02. The van der Waals surface area contributed by atoms with Gasteiger partial charge in [0.2, 0.25) is 0 Å². The molecule has 4 nitrogen and oxygen atoms in total. The fourth-order valence-corrected chi connectivity index (χ4v) is 3.17. The summed E-state index contributed by atoms with van der Waals surface area (Å²) in [5.74, 6) is 0.579. The first-order valence-electron chi connectivity index (χ1n) is 7.19. The van der Waals surface area contributed by atoms with Crippen LogP contribution in [-0.4, -0.2) is 18.9 Å². The van der Waals surface area contributed by atoms with Gasteiger partial charge in [-0.15, -0.1) is 0 Å². The lowest BCUT2D eigenvalue weighted by molar-refractivity contribution is -0.0500. The summed E-state index contributed by atoms with van der Waals surface area (Å²) in [7, 11) is -5.64. The van der Waals surface area contributed by atoms with E-state index in [-0.39, 0.29) is 5.92 Å². The number of halogens is 3. The van der Waals surface area contributed by atoms with Gasteiger partial charge in [0, 0.05) is 11.6 Å². The highest BCUT2D eigenvalue weighted by molar-refractivity contribution is 7.87. The molecule has 0 bridgehead atoms. The van der Waals surface area contributed by atoms with Gasteiger partial charge in [-0.3, -0.25) is 4.98 Å². The topological polar surface area (TPSA) is 56.3 Å². The Bertz CT molecular complexity index is 591. The number of aromatic nitrogens is 1. The highest BCUT2D eigenvalue weighted by atomic mass is 32.2. The van der Waals surface area contributed by atoms with Gasteiger partial charge in [0.25, 0.3) is 0 Å². The maximum atomic E-state index is 12.2. The Hall–Kier alpha value is -1.31. The Kier molecular flexibility index (Phi) is 4.99. The van der Waals surface area contributed by atoms with Crippen molar-refractivity contribution in [3.8, 4) is 5.75 Å². The molecular weight excluding hydrogens is 319 g/mol. The van der Waals surface area contributed by atoms with E-state index in [1.54, 1.807) is 0 Å². The quantitative estimate of drug-likeness (QED) is 0.616. The first-order chi connectivity index (χ1) is 10.2. The van der Waals surface area contributed by atoms with Crippen LogP contribution in [0.2, 0.25) is 0 Å². The van der Waals surface area contributed by atoms with Crippen LogP contribution in [0.5, 0.6) is 5.75 Å². The molecule has 0 spiro atoms. The van der Waals surface area contributed by atoms with Crippen molar-refractivity contribution < 1.29 is 25.8 Å². The van der Waals surface area contributed by atoms with Crippen molar-refractivity contribution in [3.63, 3.8) is 0 Å². The van der Waals surface area contributed by atoms with Crippen molar-refractivity contribution >= 4 is 10.1 Å². The Labute approximate surface area is 127 Å². The summed E-state index contributed by atoms with van der Waals surface area (Å²) in [5, 5.41) is 0. The third-order valence-corrected chi connectivity index (χ3v) is 5.07. The third-order valence-electron chi connectivity index (χ3n) is 4.09.